The fourth-order valence-electron chi connectivity index (χ4n) is 1.38. The van der Waals surface area contributed by atoms with Gasteiger partial charge in [0, 0.05) is 13.2 Å². The zero-order chi connectivity index (χ0) is 13.6. The number of rotatable bonds is 10. The third-order valence-corrected chi connectivity index (χ3v) is 2.49. The van der Waals surface area contributed by atoms with Gasteiger partial charge in [-0.3, -0.25) is 0 Å². The van der Waals surface area contributed by atoms with E-state index in [1.165, 1.54) is 0 Å². The molecule has 0 bridgehead atoms. The van der Waals surface area contributed by atoms with E-state index in [0.29, 0.717) is 38.8 Å². The largest absolute Gasteiger partial charge is 0.396 e. The van der Waals surface area contributed by atoms with Crippen LogP contribution in [0.5, 0.6) is 0 Å². The first kappa shape index (κ1) is 16.5. The number of hydrogen-bond donors (Lipinski definition) is 2. The lowest BCUT2D eigenvalue weighted by atomic mass is 10.1. The fraction of sp³-hybridized carbons (Fsp3) is 0.833. The molecular formula is C12H20N4O2. The Bertz CT molecular complexity index is 276. The topological polar surface area (TPSA) is 113 Å². The summed E-state index contributed by atoms with van der Waals surface area (Å²) in [5, 5.41) is 42.7. The van der Waals surface area contributed by atoms with Crippen LogP contribution in [0.1, 0.15) is 25.7 Å². The molecule has 0 rings (SSSR count). The van der Waals surface area contributed by atoms with E-state index >= 15 is 0 Å². The van der Waals surface area contributed by atoms with Crippen molar-refractivity contribution in [3.05, 3.63) is 0 Å². The molecule has 0 heterocycles. The van der Waals surface area contributed by atoms with Crippen LogP contribution in [-0.2, 0) is 0 Å². The summed E-state index contributed by atoms with van der Waals surface area (Å²) in [4.78, 5) is 0. The van der Waals surface area contributed by atoms with Crippen molar-refractivity contribution in [1.29, 1.82) is 10.5 Å². The number of aliphatic hydroxyl groups excluding tert-OH is 2. The van der Waals surface area contributed by atoms with Crippen LogP contribution in [0.3, 0.4) is 0 Å². The predicted octanol–water partition coefficient (Wildman–Crippen LogP) is 1.26. The second-order valence-corrected chi connectivity index (χ2v) is 4.03. The van der Waals surface area contributed by atoms with Crippen molar-refractivity contribution in [1.82, 2.24) is 0 Å². The molecule has 2 atom stereocenters. The van der Waals surface area contributed by atoms with Gasteiger partial charge in [-0.1, -0.05) is 0 Å². The van der Waals surface area contributed by atoms with Gasteiger partial charge in [0.25, 0.3) is 0 Å². The molecule has 0 saturated heterocycles. The lowest BCUT2D eigenvalue weighted by molar-refractivity contribution is 0.277. The van der Waals surface area contributed by atoms with E-state index in [1.807, 2.05) is 0 Å². The summed E-state index contributed by atoms with van der Waals surface area (Å²) >= 11 is 0. The van der Waals surface area contributed by atoms with Gasteiger partial charge in [-0.15, -0.1) is 0 Å². The van der Waals surface area contributed by atoms with Crippen molar-refractivity contribution in [2.24, 2.45) is 22.1 Å². The first-order valence-electron chi connectivity index (χ1n) is 6.12. The van der Waals surface area contributed by atoms with E-state index < -0.39 is 0 Å². The number of nitrogens with zero attached hydrogens (tertiary/aromatic N) is 4. The molecule has 0 aromatic carbocycles. The Morgan fingerprint density at radius 3 is 1.50 bits per heavy atom. The van der Waals surface area contributed by atoms with E-state index in [-0.39, 0.29) is 25.0 Å². The number of nitriles is 2. The van der Waals surface area contributed by atoms with Crippen molar-refractivity contribution >= 4 is 0 Å². The third-order valence-electron chi connectivity index (χ3n) is 2.49. The van der Waals surface area contributed by atoms with E-state index in [9.17, 15) is 0 Å². The summed E-state index contributed by atoms with van der Waals surface area (Å²) in [6.07, 6.45) is 2.40. The molecule has 0 fully saturated rings. The zero-order valence-electron chi connectivity index (χ0n) is 10.5. The second kappa shape index (κ2) is 12.0. The molecule has 0 radical (unpaired) electrons. The van der Waals surface area contributed by atoms with Gasteiger partial charge in [-0.25, -0.2) is 0 Å². The zero-order valence-corrected chi connectivity index (χ0v) is 10.5. The fourth-order valence-corrected chi connectivity index (χ4v) is 1.38. The molecule has 2 N–H and O–H groups in total. The van der Waals surface area contributed by atoms with E-state index in [2.05, 4.69) is 22.4 Å². The molecule has 18 heavy (non-hydrogen) atoms. The van der Waals surface area contributed by atoms with Gasteiger partial charge >= 0.3 is 0 Å². The standard InChI is InChI=1S/C12H20N4O2/c13-7-11(3-1-5-17)9-15-16-10-12(8-14)4-2-6-18/h11-12,17-18H,1-6,9-10H2. The van der Waals surface area contributed by atoms with Gasteiger partial charge in [-0.2, -0.15) is 20.8 Å². The first-order valence-corrected chi connectivity index (χ1v) is 6.12. The average Bonchev–Trinajstić information content (AvgIpc) is 2.41. The molecule has 6 heteroatoms. The molecule has 0 aliphatic rings. The lowest BCUT2D eigenvalue weighted by Crippen LogP contribution is -2.05. The Kier molecular flexibility index (Phi) is 11.0. The maximum Gasteiger partial charge on any atom is 0.0757 e. The van der Waals surface area contributed by atoms with Crippen molar-refractivity contribution in [3.63, 3.8) is 0 Å². The maximum atomic E-state index is 8.81. The molecule has 100 valence electrons. The van der Waals surface area contributed by atoms with Crippen LogP contribution in [0.2, 0.25) is 0 Å². The number of azo groups is 1. The Morgan fingerprint density at radius 2 is 1.22 bits per heavy atom. The van der Waals surface area contributed by atoms with Crippen molar-refractivity contribution in [3.8, 4) is 12.1 Å². The van der Waals surface area contributed by atoms with Crippen LogP contribution >= 0.6 is 0 Å². The van der Waals surface area contributed by atoms with Crippen molar-refractivity contribution in [2.45, 2.75) is 25.7 Å². The summed E-state index contributed by atoms with van der Waals surface area (Å²) in [7, 11) is 0. The summed E-state index contributed by atoms with van der Waals surface area (Å²) in [5.74, 6) is -0.447. The maximum absolute atomic E-state index is 8.81. The van der Waals surface area contributed by atoms with Gasteiger partial charge in [-0.05, 0) is 25.7 Å². The molecule has 6 nitrogen and oxygen atoms in total. The highest BCUT2D eigenvalue weighted by atomic mass is 16.3. The smallest absolute Gasteiger partial charge is 0.0757 e. The van der Waals surface area contributed by atoms with E-state index in [0.717, 1.165) is 0 Å². The van der Waals surface area contributed by atoms with Crippen LogP contribution in [-0.4, -0.2) is 36.5 Å². The third kappa shape index (κ3) is 8.63. The molecular weight excluding hydrogens is 232 g/mol. The predicted molar refractivity (Wildman–Crippen MR) is 65.4 cm³/mol. The summed E-state index contributed by atoms with van der Waals surface area (Å²) in [6.45, 7) is 0.781. The summed E-state index contributed by atoms with van der Waals surface area (Å²) < 4.78 is 0. The minimum absolute atomic E-state index is 0.0764. The minimum atomic E-state index is -0.223. The normalized spacial score (nSPS) is 14.0. The molecule has 0 spiro atoms. The quantitative estimate of drug-likeness (QED) is 0.570. The Balaban J connectivity index is 3.86. The van der Waals surface area contributed by atoms with E-state index in [1.54, 1.807) is 0 Å². The van der Waals surface area contributed by atoms with Gasteiger partial charge in [0.15, 0.2) is 0 Å². The molecule has 2 unspecified atom stereocenters. The Morgan fingerprint density at radius 1 is 0.833 bits per heavy atom. The molecule has 0 aliphatic heterocycles. The van der Waals surface area contributed by atoms with Gasteiger partial charge in [0.2, 0.25) is 0 Å². The Hall–Kier alpha value is -1.50. The SMILES string of the molecule is N#CC(CCCO)CN=NCC(C#N)CCCO. The average molecular weight is 252 g/mol. The molecule has 0 amide bonds. The molecule has 0 aliphatic carbocycles. The number of hydrogen-bond acceptors (Lipinski definition) is 6. The number of aliphatic hydroxyl groups is 2. The highest BCUT2D eigenvalue weighted by molar-refractivity contribution is 4.85. The van der Waals surface area contributed by atoms with E-state index in [4.69, 9.17) is 20.7 Å². The Labute approximate surface area is 108 Å². The van der Waals surface area contributed by atoms with Crippen LogP contribution in [0, 0.1) is 34.5 Å². The van der Waals surface area contributed by atoms with Crippen molar-refractivity contribution in [2.75, 3.05) is 26.3 Å². The molecule has 0 aromatic rings. The molecule has 0 aromatic heterocycles. The van der Waals surface area contributed by atoms with Crippen LogP contribution < -0.4 is 0 Å². The summed E-state index contributed by atoms with van der Waals surface area (Å²) in [5.41, 5.74) is 0. The van der Waals surface area contributed by atoms with Gasteiger partial charge in [0.05, 0.1) is 37.1 Å². The van der Waals surface area contributed by atoms with Gasteiger partial charge < -0.3 is 10.2 Å². The molecule has 0 saturated carbocycles. The lowest BCUT2D eigenvalue weighted by Gasteiger charge is -2.04. The van der Waals surface area contributed by atoms with Crippen molar-refractivity contribution < 1.29 is 10.2 Å². The van der Waals surface area contributed by atoms with Crippen LogP contribution in [0.15, 0.2) is 10.2 Å². The first-order chi connectivity index (χ1) is 8.78. The highest BCUT2D eigenvalue weighted by Gasteiger charge is 2.07. The second-order valence-electron chi connectivity index (χ2n) is 4.03. The van der Waals surface area contributed by atoms with Crippen LogP contribution in [0.4, 0.5) is 0 Å². The van der Waals surface area contributed by atoms with Gasteiger partial charge in [0.1, 0.15) is 0 Å². The minimum Gasteiger partial charge on any atom is -0.396 e. The monoisotopic (exact) mass is 252 g/mol. The summed E-state index contributed by atoms with van der Waals surface area (Å²) in [6, 6.07) is 4.22. The van der Waals surface area contributed by atoms with Crippen LogP contribution in [0.25, 0.3) is 0 Å². The highest BCUT2D eigenvalue weighted by Crippen LogP contribution is 2.08.